The first-order valence-electron chi connectivity index (χ1n) is 21.7. The molecule has 6 atom stereocenters. The van der Waals surface area contributed by atoms with Crippen molar-refractivity contribution in [2.24, 2.45) is 0 Å². The number of ether oxygens (including phenoxy) is 5. The van der Waals surface area contributed by atoms with Crippen molar-refractivity contribution >= 4 is 19.2 Å². The summed E-state index contributed by atoms with van der Waals surface area (Å²) in [4.78, 5) is 19.1. The number of pyridine rings is 1. The first kappa shape index (κ1) is 47.0. The smallest absolute Gasteiger partial charge is 0.382 e. The number of fused-ring (bicyclic) bond motifs is 2. The van der Waals surface area contributed by atoms with Gasteiger partial charge < -0.3 is 34.3 Å². The summed E-state index contributed by atoms with van der Waals surface area (Å²) in [5.74, 6) is -0.632. The van der Waals surface area contributed by atoms with Crippen LogP contribution in [0, 0.1) is 11.3 Å². The van der Waals surface area contributed by atoms with Crippen LogP contribution in [0.4, 0.5) is 5.82 Å². The maximum Gasteiger partial charge on any atom is 0.472 e. The lowest BCUT2D eigenvalue weighted by molar-refractivity contribution is -0.212. The van der Waals surface area contributed by atoms with Gasteiger partial charge in [0.15, 0.2) is 11.6 Å². The predicted octanol–water partition coefficient (Wildman–Crippen LogP) is 8.93. The molecule has 16 heteroatoms. The fraction of sp³-hybridized carbons (Fsp3) is 0.721. The number of anilines is 1. The minimum atomic E-state index is -4.63. The van der Waals surface area contributed by atoms with Gasteiger partial charge in [-0.25, -0.2) is 14.1 Å². The Morgan fingerprint density at radius 1 is 0.915 bits per heavy atom. The lowest BCUT2D eigenvalue weighted by atomic mass is 9.97. The highest BCUT2D eigenvalue weighted by molar-refractivity contribution is 7.47. The molecule has 2 aliphatic rings. The number of aromatic nitrogens is 4. The monoisotopic (exact) mass is 842 g/mol. The number of rotatable bonds is 29. The van der Waals surface area contributed by atoms with Gasteiger partial charge in [0.25, 0.3) is 0 Å². The van der Waals surface area contributed by atoms with E-state index in [1.807, 2.05) is 6.07 Å². The molecule has 0 radical (unpaired) electrons. The summed E-state index contributed by atoms with van der Waals surface area (Å²) < 4.78 is 57.2. The van der Waals surface area contributed by atoms with E-state index in [1.165, 1.54) is 102 Å². The number of hydrogen-bond acceptors (Lipinski definition) is 13. The summed E-state index contributed by atoms with van der Waals surface area (Å²) in [6.45, 7) is 7.76. The average Bonchev–Trinajstić information content (AvgIpc) is 3.88. The van der Waals surface area contributed by atoms with Crippen LogP contribution in [0.3, 0.4) is 0 Å². The van der Waals surface area contributed by atoms with Gasteiger partial charge in [-0.1, -0.05) is 103 Å². The van der Waals surface area contributed by atoms with Gasteiger partial charge >= 0.3 is 7.82 Å². The first-order chi connectivity index (χ1) is 28.4. The van der Waals surface area contributed by atoms with Crippen molar-refractivity contribution in [1.82, 2.24) is 19.6 Å². The van der Waals surface area contributed by atoms with E-state index in [0.29, 0.717) is 34.8 Å². The SMILES string of the molecule is CCCCCCCCCCCCCCCCCCOC[C@H](COP(=O)(O)OC[C@@]1(C)O[C@@H](c2ccc3c(N)ncnn23)[C@@H]2OC(C)(C)O[C@@H]21)OCc1cncc(C#N)c1. The highest BCUT2D eigenvalue weighted by Crippen LogP contribution is 2.52. The molecular formula is C43H67N6O9P. The fourth-order valence-electron chi connectivity index (χ4n) is 7.82. The number of phosphoric acid groups is 1. The lowest BCUT2D eigenvalue weighted by Crippen LogP contribution is -2.44. The summed E-state index contributed by atoms with van der Waals surface area (Å²) in [5, 5.41) is 13.6. The Balaban J connectivity index is 1.05. The van der Waals surface area contributed by atoms with E-state index in [9.17, 15) is 14.7 Å². The summed E-state index contributed by atoms with van der Waals surface area (Å²) in [5.41, 5.74) is 7.22. The Kier molecular flexibility index (Phi) is 18.5. The van der Waals surface area contributed by atoms with Gasteiger partial charge in [0.05, 0.1) is 37.7 Å². The molecule has 2 saturated heterocycles. The van der Waals surface area contributed by atoms with Gasteiger partial charge in [0.1, 0.15) is 47.9 Å². The quantitative estimate of drug-likeness (QED) is 0.0497. The molecule has 3 N–H and O–H groups in total. The van der Waals surface area contributed by atoms with Crippen LogP contribution in [0.5, 0.6) is 0 Å². The van der Waals surface area contributed by atoms with Crippen LogP contribution in [0.2, 0.25) is 0 Å². The van der Waals surface area contributed by atoms with E-state index in [2.05, 4.69) is 28.1 Å². The third kappa shape index (κ3) is 14.5. The van der Waals surface area contributed by atoms with E-state index in [4.69, 9.17) is 38.5 Å². The zero-order chi connectivity index (χ0) is 42.1. The molecule has 1 unspecified atom stereocenters. The van der Waals surface area contributed by atoms with E-state index in [-0.39, 0.29) is 26.4 Å². The molecule has 5 heterocycles. The van der Waals surface area contributed by atoms with Gasteiger partial charge in [-0.15, -0.1) is 0 Å². The van der Waals surface area contributed by atoms with E-state index in [1.54, 1.807) is 43.6 Å². The Labute approximate surface area is 350 Å². The van der Waals surface area contributed by atoms with Gasteiger partial charge in [-0.2, -0.15) is 10.4 Å². The van der Waals surface area contributed by atoms with Gasteiger partial charge in [-0.05, 0) is 51.0 Å². The Morgan fingerprint density at radius 3 is 2.24 bits per heavy atom. The van der Waals surface area contributed by atoms with Crippen LogP contribution in [-0.2, 0) is 43.9 Å². The molecule has 0 spiro atoms. The number of phosphoric ester groups is 1. The molecule has 0 saturated carbocycles. The highest BCUT2D eigenvalue weighted by atomic mass is 31.2. The molecule has 0 bridgehead atoms. The summed E-state index contributed by atoms with van der Waals surface area (Å²) in [7, 11) is -4.63. The van der Waals surface area contributed by atoms with Crippen LogP contribution in [0.1, 0.15) is 153 Å². The molecule has 3 aromatic rings. The largest absolute Gasteiger partial charge is 0.472 e. The molecular weight excluding hydrogens is 775 g/mol. The second kappa shape index (κ2) is 23.3. The Morgan fingerprint density at radius 2 is 1.58 bits per heavy atom. The average molecular weight is 843 g/mol. The summed E-state index contributed by atoms with van der Waals surface area (Å²) >= 11 is 0. The van der Waals surface area contributed by atoms with Crippen molar-refractivity contribution in [2.45, 2.75) is 173 Å². The third-order valence-corrected chi connectivity index (χ3v) is 12.0. The molecule has 0 aliphatic carbocycles. The zero-order valence-electron chi connectivity index (χ0n) is 35.6. The predicted molar refractivity (Wildman–Crippen MR) is 223 cm³/mol. The number of nitriles is 1. The molecule has 5 rings (SSSR count). The Hall–Kier alpha value is -3.03. The van der Waals surface area contributed by atoms with Crippen molar-refractivity contribution in [2.75, 3.05) is 32.2 Å². The zero-order valence-corrected chi connectivity index (χ0v) is 36.5. The van der Waals surface area contributed by atoms with Gasteiger partial charge in [0, 0.05) is 19.0 Å². The number of nitrogens with two attached hydrogens (primary N) is 1. The number of hydrogen-bond donors (Lipinski definition) is 2. The van der Waals surface area contributed by atoms with E-state index < -0.39 is 43.6 Å². The van der Waals surface area contributed by atoms with Crippen molar-refractivity contribution in [3.05, 3.63) is 53.7 Å². The number of nitrogen functional groups attached to an aromatic ring is 1. The molecule has 2 fully saturated rings. The van der Waals surface area contributed by atoms with E-state index >= 15 is 0 Å². The molecule has 3 aromatic heterocycles. The second-order valence-electron chi connectivity index (χ2n) is 16.6. The molecule has 328 valence electrons. The molecule has 2 aliphatic heterocycles. The summed E-state index contributed by atoms with van der Waals surface area (Å²) in [6, 6.07) is 7.38. The minimum absolute atomic E-state index is 0.101. The fourth-order valence-corrected chi connectivity index (χ4v) is 8.67. The third-order valence-electron chi connectivity index (χ3n) is 11.0. The van der Waals surface area contributed by atoms with Crippen molar-refractivity contribution in [3.63, 3.8) is 0 Å². The maximum atomic E-state index is 13.4. The van der Waals surface area contributed by atoms with E-state index in [0.717, 1.165) is 12.8 Å². The highest BCUT2D eigenvalue weighted by Gasteiger charge is 2.62. The molecule has 59 heavy (non-hydrogen) atoms. The molecule has 0 amide bonds. The van der Waals surface area contributed by atoms with Crippen LogP contribution >= 0.6 is 7.82 Å². The number of nitrogens with zero attached hydrogens (tertiary/aromatic N) is 5. The maximum absolute atomic E-state index is 13.4. The lowest BCUT2D eigenvalue weighted by Gasteiger charge is -2.31. The van der Waals surface area contributed by atoms with Gasteiger partial charge in [0.2, 0.25) is 0 Å². The Bertz CT molecular complexity index is 1810. The van der Waals surface area contributed by atoms with Crippen molar-refractivity contribution in [3.8, 4) is 6.07 Å². The van der Waals surface area contributed by atoms with Crippen LogP contribution in [0.25, 0.3) is 5.52 Å². The normalized spacial score (nSPS) is 22.7. The minimum Gasteiger partial charge on any atom is -0.382 e. The topological polar surface area (TPSA) is 195 Å². The van der Waals surface area contributed by atoms with Crippen LogP contribution in [0.15, 0.2) is 36.9 Å². The van der Waals surface area contributed by atoms with Gasteiger partial charge in [-0.3, -0.25) is 14.0 Å². The number of unbranched alkanes of at least 4 members (excludes halogenated alkanes) is 15. The summed E-state index contributed by atoms with van der Waals surface area (Å²) in [6.07, 6.45) is 22.5. The van der Waals surface area contributed by atoms with Crippen LogP contribution in [-0.4, -0.2) is 80.6 Å². The molecule has 0 aromatic carbocycles. The first-order valence-corrected chi connectivity index (χ1v) is 23.2. The standard InChI is InChI=1S/C43H67N6O9P/c1-5-6-7-8-9-10-11-12-13-14-15-16-17-18-19-20-23-52-29-35(53-28-34-24-33(25-44)26-46-27-34)30-54-59(50,51)55-31-43(4)40-39(56-42(2,3)58-40)38(57-43)36-21-22-37-41(45)47-32-48-49(36)37/h21-22,24,26-27,32,35,38-40H,5-20,23,28-31H2,1-4H3,(H,50,51)(H2,45,47,48)/t35-,38+,39+,40+,43-/m1/s1. The van der Waals surface area contributed by atoms with Crippen molar-refractivity contribution < 1.29 is 42.2 Å². The second-order valence-corrected chi connectivity index (χ2v) is 18.1. The molecule has 15 nitrogen and oxygen atoms in total. The van der Waals surface area contributed by atoms with Crippen LogP contribution < -0.4 is 5.73 Å². The van der Waals surface area contributed by atoms with Crippen molar-refractivity contribution in [1.29, 1.82) is 5.26 Å².